The zero-order valence-corrected chi connectivity index (χ0v) is 21.1. The van der Waals surface area contributed by atoms with E-state index >= 15 is 0 Å². The maximum absolute atomic E-state index is 13.9. The molecule has 3 N–H and O–H groups in total. The molecule has 3 aliphatic heterocycles. The average molecular weight is 520 g/mol. The molecule has 1 aromatic carbocycles. The molecule has 37 heavy (non-hydrogen) atoms. The summed E-state index contributed by atoms with van der Waals surface area (Å²) in [6.07, 6.45) is 4.75. The van der Waals surface area contributed by atoms with E-state index in [0.717, 1.165) is 34.9 Å². The molecule has 4 aliphatic rings. The Bertz CT molecular complexity index is 1500. The number of fused-ring (bicyclic) bond motifs is 4. The number of nitrogens with two attached hydrogens (primary N) is 1. The maximum Gasteiger partial charge on any atom is 0.272 e. The molecule has 190 valence electrons. The van der Waals surface area contributed by atoms with Crippen molar-refractivity contribution in [2.75, 3.05) is 17.6 Å². The highest BCUT2D eigenvalue weighted by Crippen LogP contribution is 2.50. The molecule has 2 fully saturated rings. The zero-order valence-electron chi connectivity index (χ0n) is 20.3. The number of hydrogen-bond donors (Lipinski definition) is 2. The molecule has 1 saturated carbocycles. The number of nitrogens with zero attached hydrogens (tertiary/aromatic N) is 3. The predicted molar refractivity (Wildman–Crippen MR) is 137 cm³/mol. The first-order chi connectivity index (χ1) is 17.8. The second-order valence-electron chi connectivity index (χ2n) is 10.6. The van der Waals surface area contributed by atoms with Crippen LogP contribution in [0.25, 0.3) is 10.9 Å². The summed E-state index contributed by atoms with van der Waals surface area (Å²) in [4.78, 5) is 37.2. The standard InChI is InChI=1S/C27H26ClN5O4/c1-13-2-3-21(14-6-18(28)23-22(7-14)37-27(4-5-27)26(35)32-23)33(10-13)25(34)19-8-15-16-11-36-12-17(16)24(29)31-20(15)9-30-19/h6-9,13,21H,2-5,10-12H2,1H3,(H2,29,31)(H,32,35)/t13-,21?/m0/s1. The van der Waals surface area contributed by atoms with Crippen molar-refractivity contribution in [1.82, 2.24) is 14.9 Å². The lowest BCUT2D eigenvalue weighted by Gasteiger charge is -2.39. The van der Waals surface area contributed by atoms with E-state index in [9.17, 15) is 9.59 Å². The fourth-order valence-electron chi connectivity index (χ4n) is 5.78. The van der Waals surface area contributed by atoms with Gasteiger partial charge in [0.05, 0.1) is 36.0 Å². The summed E-state index contributed by atoms with van der Waals surface area (Å²) in [5.41, 5.74) is 9.57. The third-order valence-corrected chi connectivity index (χ3v) is 8.33. The van der Waals surface area contributed by atoms with Crippen molar-refractivity contribution in [2.24, 2.45) is 5.92 Å². The largest absolute Gasteiger partial charge is 0.475 e. The van der Waals surface area contributed by atoms with Crippen LogP contribution < -0.4 is 15.8 Å². The molecule has 5 heterocycles. The number of ether oxygens (including phenoxy) is 2. The van der Waals surface area contributed by atoms with E-state index in [1.54, 1.807) is 6.20 Å². The highest BCUT2D eigenvalue weighted by molar-refractivity contribution is 6.34. The number of aromatic nitrogens is 2. The Morgan fingerprint density at radius 3 is 2.84 bits per heavy atom. The van der Waals surface area contributed by atoms with Gasteiger partial charge in [-0.2, -0.15) is 0 Å². The minimum absolute atomic E-state index is 0.145. The van der Waals surface area contributed by atoms with Gasteiger partial charge in [0.15, 0.2) is 5.60 Å². The quantitative estimate of drug-likeness (QED) is 0.515. The number of anilines is 2. The molecule has 1 spiro atoms. The number of nitrogen functional groups attached to an aromatic ring is 1. The second kappa shape index (κ2) is 8.03. The third kappa shape index (κ3) is 3.55. The summed E-state index contributed by atoms with van der Waals surface area (Å²) < 4.78 is 11.7. The molecule has 3 aromatic rings. The van der Waals surface area contributed by atoms with Crippen LogP contribution in [0.4, 0.5) is 11.5 Å². The summed E-state index contributed by atoms with van der Waals surface area (Å²) in [7, 11) is 0. The van der Waals surface area contributed by atoms with Crippen molar-refractivity contribution in [3.05, 3.63) is 51.8 Å². The van der Waals surface area contributed by atoms with Crippen LogP contribution in [0.3, 0.4) is 0 Å². The molecule has 1 saturated heterocycles. The third-order valence-electron chi connectivity index (χ3n) is 8.04. The highest BCUT2D eigenvalue weighted by Gasteiger charge is 2.55. The summed E-state index contributed by atoms with van der Waals surface area (Å²) in [6, 6.07) is 5.37. The lowest BCUT2D eigenvalue weighted by Crippen LogP contribution is -2.42. The van der Waals surface area contributed by atoms with Crippen LogP contribution in [0.2, 0.25) is 5.02 Å². The van der Waals surface area contributed by atoms with Gasteiger partial charge in [-0.15, -0.1) is 0 Å². The van der Waals surface area contributed by atoms with E-state index < -0.39 is 5.60 Å². The number of amides is 2. The molecular formula is C27H26ClN5O4. The number of carbonyl (C=O) groups is 2. The van der Waals surface area contributed by atoms with Crippen LogP contribution in [0.5, 0.6) is 5.75 Å². The van der Waals surface area contributed by atoms with Gasteiger partial charge in [0.25, 0.3) is 11.8 Å². The molecule has 7 rings (SSSR count). The number of pyridine rings is 2. The van der Waals surface area contributed by atoms with Crippen LogP contribution >= 0.6 is 11.6 Å². The van der Waals surface area contributed by atoms with Gasteiger partial charge < -0.3 is 25.4 Å². The van der Waals surface area contributed by atoms with Gasteiger partial charge in [0, 0.05) is 30.3 Å². The Morgan fingerprint density at radius 1 is 1.22 bits per heavy atom. The number of benzene rings is 1. The lowest BCUT2D eigenvalue weighted by atomic mass is 9.89. The number of likely N-dealkylation sites (tertiary alicyclic amines) is 1. The number of hydrogen-bond acceptors (Lipinski definition) is 7. The fourth-order valence-corrected chi connectivity index (χ4v) is 6.05. The van der Waals surface area contributed by atoms with Crippen LogP contribution in [0.15, 0.2) is 24.4 Å². The smallest absolute Gasteiger partial charge is 0.272 e. The van der Waals surface area contributed by atoms with Crippen LogP contribution in [-0.2, 0) is 22.7 Å². The van der Waals surface area contributed by atoms with Gasteiger partial charge in [-0.1, -0.05) is 18.5 Å². The Morgan fingerprint density at radius 2 is 2.03 bits per heavy atom. The van der Waals surface area contributed by atoms with Gasteiger partial charge in [0.2, 0.25) is 0 Å². The van der Waals surface area contributed by atoms with Crippen molar-refractivity contribution in [2.45, 2.75) is 57.5 Å². The fraction of sp³-hybridized carbons (Fsp3) is 0.407. The van der Waals surface area contributed by atoms with Crippen molar-refractivity contribution < 1.29 is 19.1 Å². The van der Waals surface area contributed by atoms with E-state index in [0.29, 0.717) is 72.0 Å². The van der Waals surface area contributed by atoms with Crippen LogP contribution in [0.1, 0.15) is 65.8 Å². The number of nitrogens with one attached hydrogen (secondary N) is 1. The summed E-state index contributed by atoms with van der Waals surface area (Å²) in [6.45, 7) is 3.60. The van der Waals surface area contributed by atoms with Gasteiger partial charge in [-0.3, -0.25) is 9.59 Å². The van der Waals surface area contributed by atoms with Crippen LogP contribution in [0, 0.1) is 5.92 Å². The van der Waals surface area contributed by atoms with Crippen molar-refractivity contribution in [1.29, 1.82) is 0 Å². The Hall–Kier alpha value is -3.43. The molecule has 1 unspecified atom stereocenters. The first-order valence-corrected chi connectivity index (χ1v) is 13.0. The molecule has 2 atom stereocenters. The summed E-state index contributed by atoms with van der Waals surface area (Å²) in [5.74, 6) is 1.06. The topological polar surface area (TPSA) is 120 Å². The van der Waals surface area contributed by atoms with Gasteiger partial charge in [0.1, 0.15) is 22.9 Å². The summed E-state index contributed by atoms with van der Waals surface area (Å²) in [5, 5.41) is 4.16. The highest BCUT2D eigenvalue weighted by atomic mass is 35.5. The number of carbonyl (C=O) groups excluding carboxylic acids is 2. The van der Waals surface area contributed by atoms with Crippen molar-refractivity contribution in [3.63, 3.8) is 0 Å². The second-order valence-corrected chi connectivity index (χ2v) is 11.0. The van der Waals surface area contributed by atoms with Crippen molar-refractivity contribution >= 4 is 45.8 Å². The van der Waals surface area contributed by atoms with E-state index in [-0.39, 0.29) is 17.9 Å². The van der Waals surface area contributed by atoms with Gasteiger partial charge >= 0.3 is 0 Å². The van der Waals surface area contributed by atoms with Crippen molar-refractivity contribution in [3.8, 4) is 5.75 Å². The Labute approximate surface area is 218 Å². The summed E-state index contributed by atoms with van der Waals surface area (Å²) >= 11 is 6.61. The Balaban J connectivity index is 1.26. The van der Waals surface area contributed by atoms with Crippen LogP contribution in [-0.4, -0.2) is 38.8 Å². The first-order valence-electron chi connectivity index (χ1n) is 12.6. The normalized spacial score (nSPS) is 23.4. The molecule has 0 radical (unpaired) electrons. The Kier molecular flexibility index (Phi) is 4.94. The van der Waals surface area contributed by atoms with Gasteiger partial charge in [-0.25, -0.2) is 9.97 Å². The number of rotatable bonds is 2. The predicted octanol–water partition coefficient (Wildman–Crippen LogP) is 4.37. The number of halogens is 1. The van der Waals surface area contributed by atoms with E-state index in [4.69, 9.17) is 26.8 Å². The van der Waals surface area contributed by atoms with Gasteiger partial charge in [-0.05, 0) is 48.1 Å². The minimum atomic E-state index is -0.776. The first kappa shape index (κ1) is 22.7. The van der Waals surface area contributed by atoms with E-state index in [1.165, 1.54) is 0 Å². The van der Waals surface area contributed by atoms with E-state index in [2.05, 4.69) is 22.2 Å². The lowest BCUT2D eigenvalue weighted by molar-refractivity contribution is -0.125. The molecule has 10 heteroatoms. The SMILES string of the molecule is C[C@H]1CCC(c2cc(Cl)c3c(c2)OC2(CC2)C(=O)N3)N(C(=O)c2cc3c4c(c(N)nc3cn2)COC4)C1. The zero-order chi connectivity index (χ0) is 25.5. The minimum Gasteiger partial charge on any atom is -0.475 e. The molecular weight excluding hydrogens is 494 g/mol. The molecule has 2 amide bonds. The van der Waals surface area contributed by atoms with E-state index in [1.807, 2.05) is 23.1 Å². The average Bonchev–Trinajstić information content (AvgIpc) is 3.47. The molecule has 9 nitrogen and oxygen atoms in total. The number of piperidine rings is 1. The molecule has 1 aliphatic carbocycles. The monoisotopic (exact) mass is 519 g/mol. The molecule has 0 bridgehead atoms. The maximum atomic E-state index is 13.9. The molecule has 2 aromatic heterocycles.